The second-order valence-electron chi connectivity index (χ2n) is 4.37. The molecule has 0 N–H and O–H groups in total. The number of ether oxygens (including phenoxy) is 5. The molecular weight excluding hydrogens is 288 g/mol. The Labute approximate surface area is 131 Å². The molecule has 6 heteroatoms. The fourth-order valence-electron chi connectivity index (χ4n) is 1.61. The lowest BCUT2D eigenvalue weighted by atomic mass is 10.2. The largest absolute Gasteiger partial charge is 0.497 e. The van der Waals surface area contributed by atoms with Crippen molar-refractivity contribution in [1.29, 1.82) is 0 Å². The molecule has 0 amide bonds. The average Bonchev–Trinajstić information content (AvgIpc) is 2.54. The third-order valence-electron chi connectivity index (χ3n) is 2.70. The molecule has 0 atom stereocenters. The van der Waals surface area contributed by atoms with Gasteiger partial charge in [-0.2, -0.15) is 0 Å². The first-order valence-electron chi connectivity index (χ1n) is 7.28. The SMILES string of the molecule is CCOC(=O)COCCOCCOCc1ccc(OC)cc1. The first-order chi connectivity index (χ1) is 10.8. The number of carbonyl (C=O) groups is 1. The van der Waals surface area contributed by atoms with E-state index in [0.29, 0.717) is 39.6 Å². The molecule has 0 spiro atoms. The maximum atomic E-state index is 11.0. The van der Waals surface area contributed by atoms with Crippen LogP contribution in [0.3, 0.4) is 0 Å². The molecule has 22 heavy (non-hydrogen) atoms. The van der Waals surface area contributed by atoms with Gasteiger partial charge in [-0.25, -0.2) is 4.79 Å². The van der Waals surface area contributed by atoms with E-state index in [2.05, 4.69) is 0 Å². The first kappa shape index (κ1) is 18.4. The smallest absolute Gasteiger partial charge is 0.332 e. The van der Waals surface area contributed by atoms with Gasteiger partial charge in [0.25, 0.3) is 0 Å². The highest BCUT2D eigenvalue weighted by atomic mass is 16.6. The van der Waals surface area contributed by atoms with Crippen molar-refractivity contribution in [3.05, 3.63) is 29.8 Å². The zero-order valence-corrected chi connectivity index (χ0v) is 13.2. The van der Waals surface area contributed by atoms with E-state index in [4.69, 9.17) is 23.7 Å². The van der Waals surface area contributed by atoms with Gasteiger partial charge in [-0.15, -0.1) is 0 Å². The van der Waals surface area contributed by atoms with Crippen molar-refractivity contribution in [2.24, 2.45) is 0 Å². The van der Waals surface area contributed by atoms with E-state index in [1.54, 1.807) is 14.0 Å². The summed E-state index contributed by atoms with van der Waals surface area (Å²) in [5.74, 6) is 0.472. The van der Waals surface area contributed by atoms with Gasteiger partial charge >= 0.3 is 5.97 Å². The van der Waals surface area contributed by atoms with E-state index in [1.807, 2.05) is 24.3 Å². The highest BCUT2D eigenvalue weighted by molar-refractivity contribution is 5.70. The van der Waals surface area contributed by atoms with Gasteiger partial charge in [-0.3, -0.25) is 0 Å². The van der Waals surface area contributed by atoms with E-state index in [-0.39, 0.29) is 12.6 Å². The highest BCUT2D eigenvalue weighted by Crippen LogP contribution is 2.11. The standard InChI is InChI=1S/C16H24O6/c1-3-22-16(17)13-21-11-9-19-8-10-20-12-14-4-6-15(18-2)7-5-14/h4-7H,3,8-13H2,1-2H3. The predicted molar refractivity (Wildman–Crippen MR) is 80.9 cm³/mol. The predicted octanol–water partition coefficient (Wildman–Crippen LogP) is 1.81. The number of hydrogen-bond donors (Lipinski definition) is 0. The normalized spacial score (nSPS) is 10.5. The lowest BCUT2D eigenvalue weighted by molar-refractivity contribution is -0.149. The van der Waals surface area contributed by atoms with Crippen LogP contribution in [-0.4, -0.2) is 52.7 Å². The van der Waals surface area contributed by atoms with Crippen LogP contribution in [0, 0.1) is 0 Å². The van der Waals surface area contributed by atoms with E-state index in [1.165, 1.54) is 0 Å². The minimum Gasteiger partial charge on any atom is -0.497 e. The molecule has 0 radical (unpaired) electrons. The zero-order chi connectivity index (χ0) is 16.0. The Kier molecular flexibility index (Phi) is 10.0. The minimum absolute atomic E-state index is 0.0365. The number of esters is 1. The fraction of sp³-hybridized carbons (Fsp3) is 0.562. The van der Waals surface area contributed by atoms with Gasteiger partial charge in [0.1, 0.15) is 12.4 Å². The Morgan fingerprint density at radius 1 is 0.955 bits per heavy atom. The summed E-state index contributed by atoms with van der Waals surface area (Å²) in [6.45, 7) is 4.39. The van der Waals surface area contributed by atoms with Crippen molar-refractivity contribution in [1.82, 2.24) is 0 Å². The molecule has 0 fully saturated rings. The van der Waals surface area contributed by atoms with Crippen LogP contribution in [0.15, 0.2) is 24.3 Å². The fourth-order valence-corrected chi connectivity index (χ4v) is 1.61. The lowest BCUT2D eigenvalue weighted by Gasteiger charge is -2.07. The molecule has 0 saturated carbocycles. The van der Waals surface area contributed by atoms with Crippen molar-refractivity contribution in [2.45, 2.75) is 13.5 Å². The van der Waals surface area contributed by atoms with Gasteiger partial charge in [0.2, 0.25) is 0 Å². The van der Waals surface area contributed by atoms with Crippen molar-refractivity contribution in [3.63, 3.8) is 0 Å². The summed E-state index contributed by atoms with van der Waals surface area (Å²) >= 11 is 0. The van der Waals surface area contributed by atoms with Gasteiger partial charge in [0.15, 0.2) is 0 Å². The summed E-state index contributed by atoms with van der Waals surface area (Å²) in [6.07, 6.45) is 0. The van der Waals surface area contributed by atoms with Crippen LogP contribution in [0.2, 0.25) is 0 Å². The molecule has 1 aromatic carbocycles. The molecule has 0 unspecified atom stereocenters. The van der Waals surface area contributed by atoms with Crippen molar-refractivity contribution < 1.29 is 28.5 Å². The molecule has 0 bridgehead atoms. The summed E-state index contributed by atoms with van der Waals surface area (Å²) in [5.41, 5.74) is 1.08. The number of rotatable bonds is 12. The molecular formula is C16H24O6. The highest BCUT2D eigenvalue weighted by Gasteiger charge is 2.00. The van der Waals surface area contributed by atoms with E-state index >= 15 is 0 Å². The summed E-state index contributed by atoms with van der Waals surface area (Å²) in [6, 6.07) is 7.72. The van der Waals surface area contributed by atoms with Crippen LogP contribution >= 0.6 is 0 Å². The van der Waals surface area contributed by atoms with Gasteiger partial charge in [-0.05, 0) is 24.6 Å². The van der Waals surface area contributed by atoms with Crippen LogP contribution < -0.4 is 4.74 Å². The number of carbonyl (C=O) groups excluding carboxylic acids is 1. The Morgan fingerprint density at radius 2 is 1.59 bits per heavy atom. The summed E-state index contributed by atoms with van der Waals surface area (Å²) in [5, 5.41) is 0. The Morgan fingerprint density at radius 3 is 2.23 bits per heavy atom. The Bertz CT molecular complexity index is 404. The minimum atomic E-state index is -0.356. The zero-order valence-electron chi connectivity index (χ0n) is 13.2. The quantitative estimate of drug-likeness (QED) is 0.433. The van der Waals surface area contributed by atoms with Gasteiger partial charge in [0.05, 0.1) is 46.8 Å². The number of benzene rings is 1. The molecule has 6 nitrogen and oxygen atoms in total. The second kappa shape index (κ2) is 12.0. The summed E-state index contributed by atoms with van der Waals surface area (Å²) in [4.78, 5) is 11.0. The van der Waals surface area contributed by atoms with Gasteiger partial charge < -0.3 is 23.7 Å². The maximum Gasteiger partial charge on any atom is 0.332 e. The maximum absolute atomic E-state index is 11.0. The Balaban J connectivity index is 1.92. The van der Waals surface area contributed by atoms with Gasteiger partial charge in [0, 0.05) is 0 Å². The molecule has 0 aromatic heterocycles. The molecule has 1 rings (SSSR count). The topological polar surface area (TPSA) is 63.2 Å². The number of methoxy groups -OCH3 is 1. The van der Waals surface area contributed by atoms with Crippen LogP contribution in [0.5, 0.6) is 5.75 Å². The van der Waals surface area contributed by atoms with E-state index in [9.17, 15) is 4.79 Å². The third-order valence-corrected chi connectivity index (χ3v) is 2.70. The van der Waals surface area contributed by atoms with Gasteiger partial charge in [-0.1, -0.05) is 12.1 Å². The van der Waals surface area contributed by atoms with Crippen molar-refractivity contribution in [3.8, 4) is 5.75 Å². The van der Waals surface area contributed by atoms with Crippen LogP contribution in [0.4, 0.5) is 0 Å². The molecule has 0 aliphatic carbocycles. The molecule has 124 valence electrons. The molecule has 1 aromatic rings. The average molecular weight is 312 g/mol. The third kappa shape index (κ3) is 8.61. The van der Waals surface area contributed by atoms with Crippen LogP contribution in [0.25, 0.3) is 0 Å². The molecule has 0 aliphatic rings. The number of hydrogen-bond acceptors (Lipinski definition) is 6. The second-order valence-corrected chi connectivity index (χ2v) is 4.37. The van der Waals surface area contributed by atoms with E-state index in [0.717, 1.165) is 11.3 Å². The summed E-state index contributed by atoms with van der Waals surface area (Å²) < 4.78 is 25.7. The first-order valence-corrected chi connectivity index (χ1v) is 7.28. The summed E-state index contributed by atoms with van der Waals surface area (Å²) in [7, 11) is 1.64. The van der Waals surface area contributed by atoms with Crippen LogP contribution in [-0.2, 0) is 30.3 Å². The Hall–Kier alpha value is -1.63. The molecule has 0 heterocycles. The van der Waals surface area contributed by atoms with Crippen molar-refractivity contribution >= 4 is 5.97 Å². The van der Waals surface area contributed by atoms with E-state index < -0.39 is 0 Å². The van der Waals surface area contributed by atoms with Crippen LogP contribution in [0.1, 0.15) is 12.5 Å². The molecule has 0 aliphatic heterocycles. The van der Waals surface area contributed by atoms with Crippen molar-refractivity contribution in [2.75, 3.05) is 46.8 Å². The monoisotopic (exact) mass is 312 g/mol. The lowest BCUT2D eigenvalue weighted by Crippen LogP contribution is -2.15. The molecule has 0 saturated heterocycles.